The topological polar surface area (TPSA) is 110 Å². The molecule has 0 unspecified atom stereocenters. The predicted molar refractivity (Wildman–Crippen MR) is 138 cm³/mol. The van der Waals surface area contributed by atoms with Gasteiger partial charge in [-0.25, -0.2) is 14.3 Å². The Bertz CT molecular complexity index is 1480. The fraction of sp³-hybridized carbons (Fsp3) is 0.269. The molecule has 0 spiro atoms. The number of hydrogen-bond donors (Lipinski definition) is 3. The van der Waals surface area contributed by atoms with Crippen LogP contribution in [0.1, 0.15) is 16.8 Å². The number of halogens is 3. The van der Waals surface area contributed by atoms with E-state index in [-0.39, 0.29) is 5.69 Å². The standard InChI is InChI=1S/C26H26F3N7O2/c1-16-11-17(5-6-22(16)34-25(37)33-19-4-2-3-18(12-19)26(27,28)29)21-13-20(14-35-7-9-38-10-8-35)36-23(21)24(30)31-15-32-36/h2-6,11-13,15H,7-10,14H2,1H3,(H2,30,31,32)(H2,33,34,37). The number of nitrogens with two attached hydrogens (primary N) is 1. The van der Waals surface area contributed by atoms with Crippen molar-refractivity contribution >= 4 is 28.7 Å². The normalized spacial score (nSPS) is 14.5. The Kier molecular flexibility index (Phi) is 6.91. The van der Waals surface area contributed by atoms with Crippen LogP contribution in [0.4, 0.5) is 35.2 Å². The van der Waals surface area contributed by atoms with Gasteiger partial charge in [0, 0.05) is 36.6 Å². The molecule has 2 amide bonds. The highest BCUT2D eigenvalue weighted by Crippen LogP contribution is 2.33. The van der Waals surface area contributed by atoms with E-state index in [4.69, 9.17) is 10.5 Å². The van der Waals surface area contributed by atoms with E-state index in [1.165, 1.54) is 18.5 Å². The number of nitrogens with one attached hydrogen (secondary N) is 2. The molecule has 1 saturated heterocycles. The molecule has 4 N–H and O–H groups in total. The molecule has 0 radical (unpaired) electrons. The molecule has 2 aromatic heterocycles. The summed E-state index contributed by atoms with van der Waals surface area (Å²) < 4.78 is 46.2. The number of carbonyl (C=O) groups excluding carboxylic acids is 1. The summed E-state index contributed by atoms with van der Waals surface area (Å²) in [6.07, 6.45) is -3.07. The van der Waals surface area contributed by atoms with Crippen LogP contribution in [0.25, 0.3) is 16.6 Å². The van der Waals surface area contributed by atoms with Crippen molar-refractivity contribution in [1.82, 2.24) is 19.5 Å². The number of anilines is 3. The second kappa shape index (κ2) is 10.3. The zero-order chi connectivity index (χ0) is 26.9. The van der Waals surface area contributed by atoms with Crippen LogP contribution in [0.5, 0.6) is 0 Å². The van der Waals surface area contributed by atoms with Crippen LogP contribution < -0.4 is 16.4 Å². The Labute approximate surface area is 216 Å². The second-order valence-corrected chi connectivity index (χ2v) is 9.03. The maximum absolute atomic E-state index is 13.0. The fourth-order valence-corrected chi connectivity index (χ4v) is 4.48. The Hall–Kier alpha value is -4.16. The average Bonchev–Trinajstić information content (AvgIpc) is 3.25. The first kappa shape index (κ1) is 25.5. The molecule has 1 aliphatic heterocycles. The number of morpholine rings is 1. The smallest absolute Gasteiger partial charge is 0.382 e. The van der Waals surface area contributed by atoms with Crippen LogP contribution >= 0.6 is 0 Å². The largest absolute Gasteiger partial charge is 0.416 e. The molecule has 12 heteroatoms. The van der Waals surface area contributed by atoms with E-state index in [1.807, 2.05) is 25.1 Å². The number of nitrogens with zero attached hydrogens (tertiary/aromatic N) is 4. The lowest BCUT2D eigenvalue weighted by Crippen LogP contribution is -2.36. The summed E-state index contributed by atoms with van der Waals surface area (Å²) in [6, 6.07) is 11.3. The van der Waals surface area contributed by atoms with E-state index in [1.54, 1.807) is 10.6 Å². The number of amides is 2. The Morgan fingerprint density at radius 2 is 1.89 bits per heavy atom. The van der Waals surface area contributed by atoms with Crippen molar-refractivity contribution < 1.29 is 22.7 Å². The Morgan fingerprint density at radius 1 is 1.11 bits per heavy atom. The summed E-state index contributed by atoms with van der Waals surface area (Å²) in [5.41, 5.74) is 10.1. The summed E-state index contributed by atoms with van der Waals surface area (Å²) in [7, 11) is 0. The average molecular weight is 526 g/mol. The zero-order valence-electron chi connectivity index (χ0n) is 20.5. The molecule has 5 rings (SSSR count). The minimum absolute atomic E-state index is 0.0372. The number of aryl methyl sites for hydroxylation is 1. The van der Waals surface area contributed by atoms with Gasteiger partial charge < -0.3 is 21.1 Å². The lowest BCUT2D eigenvalue weighted by molar-refractivity contribution is -0.137. The molecule has 0 saturated carbocycles. The van der Waals surface area contributed by atoms with Gasteiger partial charge in [-0.2, -0.15) is 18.3 Å². The Balaban J connectivity index is 1.37. The summed E-state index contributed by atoms with van der Waals surface area (Å²) in [4.78, 5) is 19.0. The number of rotatable bonds is 5. The SMILES string of the molecule is Cc1cc(-c2cc(CN3CCOCC3)n3ncnc(N)c23)ccc1NC(=O)Nc1cccc(C(F)(F)F)c1. The molecule has 38 heavy (non-hydrogen) atoms. The third kappa shape index (κ3) is 5.41. The summed E-state index contributed by atoms with van der Waals surface area (Å²) in [6.45, 7) is 5.52. The highest BCUT2D eigenvalue weighted by Gasteiger charge is 2.30. The number of carbonyl (C=O) groups is 1. The van der Waals surface area contributed by atoms with Crippen LogP contribution in [0, 0.1) is 6.92 Å². The van der Waals surface area contributed by atoms with Gasteiger partial charge in [-0.15, -0.1) is 0 Å². The van der Waals surface area contributed by atoms with Crippen LogP contribution in [0.15, 0.2) is 54.9 Å². The van der Waals surface area contributed by atoms with Crippen molar-refractivity contribution in [3.63, 3.8) is 0 Å². The van der Waals surface area contributed by atoms with E-state index in [0.717, 1.165) is 47.6 Å². The number of ether oxygens (including phenoxy) is 1. The van der Waals surface area contributed by atoms with Gasteiger partial charge in [-0.05, 0) is 54.4 Å². The van der Waals surface area contributed by atoms with Gasteiger partial charge in [-0.3, -0.25) is 4.90 Å². The van der Waals surface area contributed by atoms with Gasteiger partial charge in [0.05, 0.1) is 24.5 Å². The highest BCUT2D eigenvalue weighted by molar-refractivity contribution is 6.00. The number of benzene rings is 2. The number of fused-ring (bicyclic) bond motifs is 1. The third-order valence-electron chi connectivity index (χ3n) is 6.38. The quantitative estimate of drug-likeness (QED) is 0.346. The summed E-state index contributed by atoms with van der Waals surface area (Å²) in [5, 5.41) is 9.58. The molecule has 0 bridgehead atoms. The minimum atomic E-state index is -4.50. The lowest BCUT2D eigenvalue weighted by Gasteiger charge is -2.26. The van der Waals surface area contributed by atoms with Gasteiger partial charge in [-0.1, -0.05) is 12.1 Å². The number of nitrogen functional groups attached to an aromatic ring is 1. The van der Waals surface area contributed by atoms with Gasteiger partial charge in [0.1, 0.15) is 11.8 Å². The van der Waals surface area contributed by atoms with Gasteiger partial charge in [0.15, 0.2) is 5.82 Å². The molecular weight excluding hydrogens is 499 g/mol. The fourth-order valence-electron chi connectivity index (χ4n) is 4.48. The molecule has 2 aromatic carbocycles. The third-order valence-corrected chi connectivity index (χ3v) is 6.38. The maximum atomic E-state index is 13.0. The van der Waals surface area contributed by atoms with Crippen LogP contribution in [0.2, 0.25) is 0 Å². The molecule has 4 aromatic rings. The van der Waals surface area contributed by atoms with Gasteiger partial charge in [0.2, 0.25) is 0 Å². The number of aromatic nitrogens is 3. The van der Waals surface area contributed by atoms with E-state index in [2.05, 4.69) is 25.6 Å². The molecule has 0 atom stereocenters. The Morgan fingerprint density at radius 3 is 2.63 bits per heavy atom. The van der Waals surface area contributed by atoms with E-state index in [0.29, 0.717) is 36.8 Å². The van der Waals surface area contributed by atoms with Crippen LogP contribution in [-0.2, 0) is 17.5 Å². The summed E-state index contributed by atoms with van der Waals surface area (Å²) >= 11 is 0. The molecule has 198 valence electrons. The molecule has 9 nitrogen and oxygen atoms in total. The van der Waals surface area contributed by atoms with Crippen LogP contribution in [0.3, 0.4) is 0 Å². The van der Waals surface area contributed by atoms with Crippen molar-refractivity contribution in [3.05, 3.63) is 71.7 Å². The minimum Gasteiger partial charge on any atom is -0.382 e. The predicted octanol–water partition coefficient (Wildman–Crippen LogP) is 4.78. The number of urea groups is 1. The first-order valence-corrected chi connectivity index (χ1v) is 12.0. The number of alkyl halides is 3. The molecule has 1 aliphatic rings. The van der Waals surface area contributed by atoms with Gasteiger partial charge in [0.25, 0.3) is 0 Å². The first-order valence-electron chi connectivity index (χ1n) is 12.0. The molecule has 0 aliphatic carbocycles. The van der Waals surface area contributed by atoms with Gasteiger partial charge >= 0.3 is 12.2 Å². The first-order chi connectivity index (χ1) is 18.2. The zero-order valence-corrected chi connectivity index (χ0v) is 20.5. The second-order valence-electron chi connectivity index (χ2n) is 9.03. The van der Waals surface area contributed by atoms with Crippen molar-refractivity contribution in [1.29, 1.82) is 0 Å². The molecular formula is C26H26F3N7O2. The van der Waals surface area contributed by atoms with Crippen molar-refractivity contribution in [2.75, 3.05) is 42.7 Å². The summed E-state index contributed by atoms with van der Waals surface area (Å²) in [5.74, 6) is 0.351. The van der Waals surface area contributed by atoms with Crippen molar-refractivity contribution in [3.8, 4) is 11.1 Å². The highest BCUT2D eigenvalue weighted by atomic mass is 19.4. The monoisotopic (exact) mass is 525 g/mol. The van der Waals surface area contributed by atoms with Crippen molar-refractivity contribution in [2.45, 2.75) is 19.6 Å². The van der Waals surface area contributed by atoms with E-state index in [9.17, 15) is 18.0 Å². The van der Waals surface area contributed by atoms with Crippen LogP contribution in [-0.4, -0.2) is 51.8 Å². The molecule has 1 fully saturated rings. The lowest BCUT2D eigenvalue weighted by atomic mass is 10.0. The molecule has 3 heterocycles. The van der Waals surface area contributed by atoms with E-state index >= 15 is 0 Å². The number of hydrogen-bond acceptors (Lipinski definition) is 6. The van der Waals surface area contributed by atoms with E-state index < -0.39 is 17.8 Å². The van der Waals surface area contributed by atoms with Crippen molar-refractivity contribution in [2.24, 2.45) is 0 Å². The maximum Gasteiger partial charge on any atom is 0.416 e.